The zero-order valence-corrected chi connectivity index (χ0v) is 8.60. The number of carbonyl (C=O) groups is 2. The standard InChI is InChI=1S/C11H13NO3/c1-2-3-6-15-11(14)9-4-5-12-10(7-9)8-13/h4-5,7-8H,2-3,6H2,1H3. The third-order valence-corrected chi connectivity index (χ3v) is 1.87. The molecule has 4 heteroatoms. The van der Waals surface area contributed by atoms with Crippen molar-refractivity contribution in [3.63, 3.8) is 0 Å². The van der Waals surface area contributed by atoms with Crippen LogP contribution in [0.25, 0.3) is 0 Å². The predicted octanol–water partition coefficient (Wildman–Crippen LogP) is 1.85. The molecule has 0 unspecified atom stereocenters. The maximum absolute atomic E-state index is 11.4. The molecule has 4 nitrogen and oxygen atoms in total. The van der Waals surface area contributed by atoms with Crippen LogP contribution in [-0.2, 0) is 4.74 Å². The summed E-state index contributed by atoms with van der Waals surface area (Å²) in [5, 5.41) is 0. The molecule has 0 aliphatic heterocycles. The van der Waals surface area contributed by atoms with Gasteiger partial charge in [-0.25, -0.2) is 4.79 Å². The van der Waals surface area contributed by atoms with Crippen LogP contribution in [0.15, 0.2) is 18.3 Å². The minimum Gasteiger partial charge on any atom is -0.462 e. The summed E-state index contributed by atoms with van der Waals surface area (Å²) in [6, 6.07) is 2.95. The summed E-state index contributed by atoms with van der Waals surface area (Å²) < 4.78 is 4.99. The fourth-order valence-corrected chi connectivity index (χ4v) is 1.03. The van der Waals surface area contributed by atoms with Crippen LogP contribution in [-0.4, -0.2) is 23.8 Å². The molecule has 1 aromatic rings. The van der Waals surface area contributed by atoms with Gasteiger partial charge in [-0.15, -0.1) is 0 Å². The number of rotatable bonds is 5. The van der Waals surface area contributed by atoms with Crippen LogP contribution in [0.2, 0.25) is 0 Å². The smallest absolute Gasteiger partial charge is 0.338 e. The van der Waals surface area contributed by atoms with Gasteiger partial charge in [-0.2, -0.15) is 0 Å². The van der Waals surface area contributed by atoms with Crippen molar-refractivity contribution in [2.75, 3.05) is 6.61 Å². The van der Waals surface area contributed by atoms with Gasteiger partial charge in [0.15, 0.2) is 6.29 Å². The van der Waals surface area contributed by atoms with Crippen molar-refractivity contribution in [3.05, 3.63) is 29.6 Å². The van der Waals surface area contributed by atoms with E-state index in [0.717, 1.165) is 12.8 Å². The van der Waals surface area contributed by atoms with Crippen molar-refractivity contribution in [2.24, 2.45) is 0 Å². The highest BCUT2D eigenvalue weighted by atomic mass is 16.5. The number of nitrogens with zero attached hydrogens (tertiary/aromatic N) is 1. The SMILES string of the molecule is CCCCOC(=O)c1ccnc(C=O)c1. The van der Waals surface area contributed by atoms with Crippen molar-refractivity contribution in [2.45, 2.75) is 19.8 Å². The van der Waals surface area contributed by atoms with Crippen LogP contribution in [0.3, 0.4) is 0 Å². The van der Waals surface area contributed by atoms with E-state index < -0.39 is 5.97 Å². The molecular formula is C11H13NO3. The van der Waals surface area contributed by atoms with Crippen LogP contribution < -0.4 is 0 Å². The summed E-state index contributed by atoms with van der Waals surface area (Å²) in [6.45, 7) is 2.43. The van der Waals surface area contributed by atoms with Gasteiger partial charge >= 0.3 is 5.97 Å². The van der Waals surface area contributed by atoms with Gasteiger partial charge in [0, 0.05) is 6.20 Å². The van der Waals surface area contributed by atoms with E-state index in [4.69, 9.17) is 4.74 Å². The summed E-state index contributed by atoms with van der Waals surface area (Å²) >= 11 is 0. The van der Waals surface area contributed by atoms with Gasteiger partial charge in [0.25, 0.3) is 0 Å². The van der Waals surface area contributed by atoms with Crippen LogP contribution in [0.1, 0.15) is 40.6 Å². The second-order valence-electron chi connectivity index (χ2n) is 3.08. The summed E-state index contributed by atoms with van der Waals surface area (Å²) in [5.41, 5.74) is 0.600. The molecule has 0 saturated heterocycles. The van der Waals surface area contributed by atoms with E-state index in [0.29, 0.717) is 18.5 Å². The lowest BCUT2D eigenvalue weighted by molar-refractivity contribution is 0.0499. The first-order valence-corrected chi connectivity index (χ1v) is 4.86. The summed E-state index contributed by atoms with van der Waals surface area (Å²) in [7, 11) is 0. The Morgan fingerprint density at radius 3 is 3.07 bits per heavy atom. The Morgan fingerprint density at radius 1 is 1.60 bits per heavy atom. The van der Waals surface area contributed by atoms with E-state index in [9.17, 15) is 9.59 Å². The summed E-state index contributed by atoms with van der Waals surface area (Å²) in [4.78, 5) is 25.6. The van der Waals surface area contributed by atoms with Gasteiger partial charge in [0.1, 0.15) is 5.69 Å². The molecule has 0 aliphatic carbocycles. The molecule has 0 aliphatic rings. The number of aromatic nitrogens is 1. The molecule has 0 amide bonds. The Kier molecular flexibility index (Phi) is 4.47. The Balaban J connectivity index is 2.61. The second-order valence-corrected chi connectivity index (χ2v) is 3.08. The predicted molar refractivity (Wildman–Crippen MR) is 54.8 cm³/mol. The average Bonchev–Trinajstić information content (AvgIpc) is 2.29. The lowest BCUT2D eigenvalue weighted by Crippen LogP contribution is -2.07. The van der Waals surface area contributed by atoms with Crippen molar-refractivity contribution in [1.29, 1.82) is 0 Å². The third-order valence-electron chi connectivity index (χ3n) is 1.87. The van der Waals surface area contributed by atoms with Gasteiger partial charge in [-0.05, 0) is 18.6 Å². The summed E-state index contributed by atoms with van der Waals surface area (Å²) in [5.74, 6) is -0.408. The van der Waals surface area contributed by atoms with Crippen LogP contribution >= 0.6 is 0 Å². The highest BCUT2D eigenvalue weighted by Gasteiger charge is 2.07. The first-order chi connectivity index (χ1) is 7.27. The lowest BCUT2D eigenvalue weighted by Gasteiger charge is -2.03. The molecule has 0 fully saturated rings. The van der Waals surface area contributed by atoms with Gasteiger partial charge < -0.3 is 4.74 Å². The minimum atomic E-state index is -0.408. The molecule has 0 atom stereocenters. The van der Waals surface area contributed by atoms with Crippen LogP contribution in [0.5, 0.6) is 0 Å². The number of ether oxygens (including phenoxy) is 1. The van der Waals surface area contributed by atoms with Gasteiger partial charge in [-0.3, -0.25) is 9.78 Å². The monoisotopic (exact) mass is 207 g/mol. The van der Waals surface area contributed by atoms with E-state index in [2.05, 4.69) is 4.98 Å². The molecule has 80 valence electrons. The molecule has 0 radical (unpaired) electrons. The molecule has 0 bridgehead atoms. The number of carbonyl (C=O) groups excluding carboxylic acids is 2. The highest BCUT2D eigenvalue weighted by Crippen LogP contribution is 2.03. The highest BCUT2D eigenvalue weighted by molar-refractivity contribution is 5.90. The van der Waals surface area contributed by atoms with E-state index in [1.165, 1.54) is 18.3 Å². The molecule has 0 saturated carbocycles. The van der Waals surface area contributed by atoms with Crippen LogP contribution in [0, 0.1) is 0 Å². The maximum atomic E-state index is 11.4. The Morgan fingerprint density at radius 2 is 2.40 bits per heavy atom. The largest absolute Gasteiger partial charge is 0.462 e. The molecule has 1 heterocycles. The molecule has 0 spiro atoms. The van der Waals surface area contributed by atoms with Crippen molar-refractivity contribution in [1.82, 2.24) is 4.98 Å². The topological polar surface area (TPSA) is 56.3 Å². The van der Waals surface area contributed by atoms with Crippen molar-refractivity contribution < 1.29 is 14.3 Å². The number of hydrogen-bond donors (Lipinski definition) is 0. The number of esters is 1. The zero-order valence-electron chi connectivity index (χ0n) is 8.60. The van der Waals surface area contributed by atoms with Gasteiger partial charge in [0.2, 0.25) is 0 Å². The minimum absolute atomic E-state index is 0.236. The van der Waals surface area contributed by atoms with Gasteiger partial charge in [-0.1, -0.05) is 13.3 Å². The molecule has 1 aromatic heterocycles. The van der Waals surface area contributed by atoms with Crippen molar-refractivity contribution in [3.8, 4) is 0 Å². The average molecular weight is 207 g/mol. The molecule has 1 rings (SSSR count). The Hall–Kier alpha value is -1.71. The normalized spacial score (nSPS) is 9.67. The van der Waals surface area contributed by atoms with Gasteiger partial charge in [0.05, 0.1) is 12.2 Å². The Bertz CT molecular complexity index is 349. The number of hydrogen-bond acceptors (Lipinski definition) is 4. The van der Waals surface area contributed by atoms with E-state index in [1.807, 2.05) is 6.92 Å². The van der Waals surface area contributed by atoms with E-state index >= 15 is 0 Å². The summed E-state index contributed by atoms with van der Waals surface area (Å²) in [6.07, 6.45) is 3.84. The first kappa shape index (κ1) is 11.4. The quantitative estimate of drug-likeness (QED) is 0.420. The fourth-order valence-electron chi connectivity index (χ4n) is 1.03. The molecule has 0 aromatic carbocycles. The Labute approximate surface area is 88.3 Å². The molecular weight excluding hydrogens is 194 g/mol. The van der Waals surface area contributed by atoms with Crippen LogP contribution in [0.4, 0.5) is 0 Å². The maximum Gasteiger partial charge on any atom is 0.338 e. The van der Waals surface area contributed by atoms with Crippen molar-refractivity contribution >= 4 is 12.3 Å². The molecule has 0 N–H and O–H groups in total. The third kappa shape index (κ3) is 3.50. The number of unbranched alkanes of at least 4 members (excludes halogenated alkanes) is 1. The number of aldehydes is 1. The fraction of sp³-hybridized carbons (Fsp3) is 0.364. The first-order valence-electron chi connectivity index (χ1n) is 4.86. The van der Waals surface area contributed by atoms with E-state index in [1.54, 1.807) is 0 Å². The number of pyridine rings is 1. The molecule has 15 heavy (non-hydrogen) atoms. The second kappa shape index (κ2) is 5.90. The lowest BCUT2D eigenvalue weighted by atomic mass is 10.2. The zero-order chi connectivity index (χ0) is 11.1. The van der Waals surface area contributed by atoms with E-state index in [-0.39, 0.29) is 5.69 Å².